The van der Waals surface area contributed by atoms with Gasteiger partial charge in [-0.25, -0.2) is 4.79 Å². The lowest BCUT2D eigenvalue weighted by Crippen LogP contribution is -2.34. The fourth-order valence-corrected chi connectivity index (χ4v) is 3.43. The number of benzene rings is 1. The second-order valence-electron chi connectivity index (χ2n) is 6.75. The van der Waals surface area contributed by atoms with Crippen LogP contribution in [0.3, 0.4) is 0 Å². The summed E-state index contributed by atoms with van der Waals surface area (Å²) in [5.41, 5.74) is 1.06. The van der Waals surface area contributed by atoms with Gasteiger partial charge in [0.1, 0.15) is 17.1 Å². The maximum Gasteiger partial charge on any atom is 0.341 e. The van der Waals surface area contributed by atoms with Crippen molar-refractivity contribution in [2.24, 2.45) is 5.92 Å². The fourth-order valence-electron chi connectivity index (χ4n) is 3.30. The topological polar surface area (TPSA) is 80.1 Å². The Labute approximate surface area is 167 Å². The van der Waals surface area contributed by atoms with E-state index in [2.05, 4.69) is 0 Å². The molecule has 0 N–H and O–H groups in total. The number of furan rings is 1. The summed E-state index contributed by atoms with van der Waals surface area (Å²) in [6.45, 7) is 2.17. The van der Waals surface area contributed by atoms with Crippen molar-refractivity contribution in [2.45, 2.75) is 19.9 Å². The van der Waals surface area contributed by atoms with Crippen LogP contribution in [0.2, 0.25) is 5.02 Å². The number of carbonyl (C=O) groups excluding carboxylic acids is 3. The van der Waals surface area contributed by atoms with Crippen molar-refractivity contribution in [3.8, 4) is 0 Å². The van der Waals surface area contributed by atoms with Crippen LogP contribution in [0.1, 0.15) is 28.3 Å². The fraction of sp³-hybridized carbons (Fsp3) is 0.350. The average Bonchev–Trinajstić information content (AvgIpc) is 3.23. The average molecular weight is 405 g/mol. The van der Waals surface area contributed by atoms with E-state index < -0.39 is 11.9 Å². The zero-order chi connectivity index (χ0) is 20.4. The minimum Gasteiger partial charge on any atom is -0.465 e. The lowest BCUT2D eigenvalue weighted by atomic mass is 10.1. The summed E-state index contributed by atoms with van der Waals surface area (Å²) < 4.78 is 10.3. The Morgan fingerprint density at radius 3 is 2.64 bits per heavy atom. The van der Waals surface area contributed by atoms with Crippen LogP contribution in [0, 0.1) is 12.8 Å². The predicted molar refractivity (Wildman–Crippen MR) is 103 cm³/mol. The molecule has 1 saturated heterocycles. The van der Waals surface area contributed by atoms with E-state index in [1.807, 2.05) is 0 Å². The Bertz CT molecular complexity index is 906. The van der Waals surface area contributed by atoms with Crippen LogP contribution in [0.5, 0.6) is 0 Å². The molecule has 1 aromatic carbocycles. The summed E-state index contributed by atoms with van der Waals surface area (Å²) >= 11 is 5.89. The van der Waals surface area contributed by atoms with Gasteiger partial charge in [0.25, 0.3) is 0 Å². The number of esters is 1. The summed E-state index contributed by atoms with van der Waals surface area (Å²) in [6.07, 6.45) is 0.149. The second kappa shape index (κ2) is 8.06. The minimum absolute atomic E-state index is 0.101. The van der Waals surface area contributed by atoms with E-state index in [-0.39, 0.29) is 24.8 Å². The molecule has 1 aliphatic rings. The molecule has 0 spiro atoms. The van der Waals surface area contributed by atoms with Gasteiger partial charge in [-0.05, 0) is 37.3 Å². The first-order valence-corrected chi connectivity index (χ1v) is 9.16. The van der Waals surface area contributed by atoms with Crippen molar-refractivity contribution in [2.75, 3.05) is 25.6 Å². The molecule has 2 heterocycles. The van der Waals surface area contributed by atoms with Crippen LogP contribution in [-0.2, 0) is 20.9 Å². The summed E-state index contributed by atoms with van der Waals surface area (Å²) in [5.74, 6) is -0.263. The lowest BCUT2D eigenvalue weighted by molar-refractivity contribution is -0.135. The first-order valence-electron chi connectivity index (χ1n) is 8.78. The van der Waals surface area contributed by atoms with E-state index in [9.17, 15) is 14.4 Å². The van der Waals surface area contributed by atoms with Gasteiger partial charge in [0, 0.05) is 30.7 Å². The van der Waals surface area contributed by atoms with Crippen molar-refractivity contribution in [3.63, 3.8) is 0 Å². The van der Waals surface area contributed by atoms with Crippen LogP contribution in [0.25, 0.3) is 0 Å². The van der Waals surface area contributed by atoms with Crippen LogP contribution in [-0.4, -0.2) is 43.4 Å². The van der Waals surface area contributed by atoms with Gasteiger partial charge in [0.05, 0.1) is 19.6 Å². The van der Waals surface area contributed by atoms with Gasteiger partial charge in [-0.1, -0.05) is 11.6 Å². The van der Waals surface area contributed by atoms with Gasteiger partial charge in [-0.2, -0.15) is 0 Å². The first kappa shape index (κ1) is 19.9. The highest BCUT2D eigenvalue weighted by Crippen LogP contribution is 2.27. The van der Waals surface area contributed by atoms with E-state index >= 15 is 0 Å². The van der Waals surface area contributed by atoms with Crippen LogP contribution < -0.4 is 4.90 Å². The second-order valence-corrected chi connectivity index (χ2v) is 7.19. The molecule has 1 fully saturated rings. The van der Waals surface area contributed by atoms with Gasteiger partial charge in [0.15, 0.2) is 0 Å². The number of methoxy groups -OCH3 is 1. The number of halogens is 1. The summed E-state index contributed by atoms with van der Waals surface area (Å²) in [7, 11) is 2.95. The molecule has 148 valence electrons. The maximum atomic E-state index is 12.8. The number of carbonyl (C=O) groups is 3. The highest BCUT2D eigenvalue weighted by atomic mass is 35.5. The van der Waals surface area contributed by atoms with Crippen LogP contribution >= 0.6 is 11.6 Å². The van der Waals surface area contributed by atoms with Gasteiger partial charge >= 0.3 is 5.97 Å². The van der Waals surface area contributed by atoms with Gasteiger partial charge in [0.2, 0.25) is 11.8 Å². The molecule has 0 bridgehead atoms. The zero-order valence-electron chi connectivity index (χ0n) is 15.9. The third kappa shape index (κ3) is 4.04. The Hall–Kier alpha value is -2.80. The number of amides is 2. The van der Waals surface area contributed by atoms with E-state index in [4.69, 9.17) is 20.8 Å². The molecule has 0 radical (unpaired) electrons. The predicted octanol–water partition coefficient (Wildman–Crippen LogP) is 3.04. The summed E-state index contributed by atoms with van der Waals surface area (Å²) in [6, 6.07) is 8.52. The summed E-state index contributed by atoms with van der Waals surface area (Å²) in [5, 5.41) is 0.586. The van der Waals surface area contributed by atoms with Gasteiger partial charge in [-0.15, -0.1) is 0 Å². The standard InChI is InChI=1S/C20H21ClN2O5/c1-12-17(20(26)27-3)9-16(28-12)11-22(2)19(25)13-8-18(24)23(10-13)15-6-4-14(21)5-7-15/h4-7,9,13H,8,10-11H2,1-3H3/t13-/m1/s1. The molecule has 7 nitrogen and oxygen atoms in total. The lowest BCUT2D eigenvalue weighted by Gasteiger charge is -2.20. The SMILES string of the molecule is COC(=O)c1cc(CN(C)C(=O)[C@@H]2CC(=O)N(c3ccc(Cl)cc3)C2)oc1C. The van der Waals surface area contributed by atoms with Crippen LogP contribution in [0.4, 0.5) is 5.69 Å². The summed E-state index contributed by atoms with van der Waals surface area (Å²) in [4.78, 5) is 40.0. The van der Waals surface area contributed by atoms with Crippen molar-refractivity contribution in [3.05, 3.63) is 52.4 Å². The van der Waals surface area contributed by atoms with E-state index in [1.54, 1.807) is 49.2 Å². The van der Waals surface area contributed by atoms with Gasteiger partial charge < -0.3 is 19.0 Å². The van der Waals surface area contributed by atoms with E-state index in [0.717, 1.165) is 5.69 Å². The van der Waals surface area contributed by atoms with Crippen molar-refractivity contribution in [1.29, 1.82) is 0 Å². The van der Waals surface area contributed by atoms with E-state index in [1.165, 1.54) is 12.0 Å². The number of ether oxygens (including phenoxy) is 1. The molecule has 2 amide bonds. The Morgan fingerprint density at radius 1 is 1.32 bits per heavy atom. The molecule has 1 atom stereocenters. The largest absolute Gasteiger partial charge is 0.465 e. The highest BCUT2D eigenvalue weighted by Gasteiger charge is 2.36. The highest BCUT2D eigenvalue weighted by molar-refractivity contribution is 6.30. The minimum atomic E-state index is -0.485. The van der Waals surface area contributed by atoms with Crippen molar-refractivity contribution >= 4 is 35.1 Å². The Kier molecular flexibility index (Phi) is 5.74. The monoisotopic (exact) mass is 404 g/mol. The molecular weight excluding hydrogens is 384 g/mol. The quantitative estimate of drug-likeness (QED) is 0.715. The van der Waals surface area contributed by atoms with Crippen molar-refractivity contribution < 1.29 is 23.5 Å². The third-order valence-corrected chi connectivity index (χ3v) is 5.01. The number of nitrogens with zero attached hydrogens (tertiary/aromatic N) is 2. The van der Waals surface area contributed by atoms with Crippen molar-refractivity contribution in [1.82, 2.24) is 4.90 Å². The number of hydrogen-bond acceptors (Lipinski definition) is 5. The zero-order valence-corrected chi connectivity index (χ0v) is 16.7. The third-order valence-electron chi connectivity index (χ3n) is 4.76. The molecule has 1 aromatic heterocycles. The molecule has 1 aliphatic heterocycles. The number of rotatable bonds is 5. The molecule has 8 heteroatoms. The Morgan fingerprint density at radius 2 is 2.00 bits per heavy atom. The van der Waals surface area contributed by atoms with E-state index in [0.29, 0.717) is 28.7 Å². The van der Waals surface area contributed by atoms with Crippen LogP contribution in [0.15, 0.2) is 34.7 Å². The molecule has 0 unspecified atom stereocenters. The molecular formula is C20H21ClN2O5. The molecule has 0 saturated carbocycles. The Balaban J connectivity index is 1.66. The maximum absolute atomic E-state index is 12.8. The number of aryl methyl sites for hydroxylation is 1. The molecule has 0 aliphatic carbocycles. The molecule has 28 heavy (non-hydrogen) atoms. The molecule has 3 rings (SSSR count). The first-order chi connectivity index (χ1) is 13.3. The molecule has 2 aromatic rings. The van der Waals surface area contributed by atoms with Gasteiger partial charge in [-0.3, -0.25) is 9.59 Å². The smallest absolute Gasteiger partial charge is 0.341 e. The number of anilines is 1. The normalized spacial score (nSPS) is 16.4. The number of hydrogen-bond donors (Lipinski definition) is 0.